The molecule has 37 heavy (non-hydrogen) atoms. The van der Waals surface area contributed by atoms with E-state index in [4.69, 9.17) is 0 Å². The molecule has 0 bridgehead atoms. The van der Waals surface area contributed by atoms with Crippen LogP contribution >= 0.6 is 0 Å². The van der Waals surface area contributed by atoms with Crippen LogP contribution in [0.5, 0.6) is 0 Å². The van der Waals surface area contributed by atoms with Gasteiger partial charge in [-0.05, 0) is 38.5 Å². The maximum atomic E-state index is 2.32. The Labute approximate surface area is 237 Å². The van der Waals surface area contributed by atoms with Gasteiger partial charge in [0.05, 0.1) is 19.6 Å². The minimum Gasteiger partial charge on any atom is -0.335 e. The molecule has 0 aromatic rings. The molecule has 0 aromatic carbocycles. The van der Waals surface area contributed by atoms with Gasteiger partial charge in [0, 0.05) is 0 Å². The maximum Gasteiger partial charge on any atom is 0.0770 e. The molecule has 0 unspecified atom stereocenters. The third-order valence-corrected chi connectivity index (χ3v) is 8.65. The minimum absolute atomic E-state index is 1.37. The summed E-state index contributed by atoms with van der Waals surface area (Å²) in [6.45, 7) is 11.3. The largest absolute Gasteiger partial charge is 0.335 e. The number of quaternary nitrogens is 1. The van der Waals surface area contributed by atoms with E-state index in [1.54, 1.807) is 0 Å². The molecule has 224 valence electrons. The van der Waals surface area contributed by atoms with Crippen LogP contribution in [0.2, 0.25) is 0 Å². The summed E-state index contributed by atoms with van der Waals surface area (Å²) >= 11 is 0. The Hall–Kier alpha value is -0.0400. The summed E-state index contributed by atoms with van der Waals surface area (Å²) in [5.41, 5.74) is 0. The summed E-state index contributed by atoms with van der Waals surface area (Å²) < 4.78 is 0. The number of unbranched alkanes of at least 4 members (excludes halogenated alkanes) is 27. The molecule has 0 fully saturated rings. The fourth-order valence-electron chi connectivity index (χ4n) is 5.96. The van der Waals surface area contributed by atoms with Gasteiger partial charge in [-0.3, -0.25) is 0 Å². The summed E-state index contributed by atoms with van der Waals surface area (Å²) in [7, 11) is 0. The molecule has 0 aromatic heterocycles. The zero-order chi connectivity index (χ0) is 26.9. The van der Waals surface area contributed by atoms with Crippen LogP contribution in [0, 0.1) is 0 Å². The van der Waals surface area contributed by atoms with Gasteiger partial charge in [0.25, 0.3) is 0 Å². The first kappa shape index (κ1) is 37.0. The summed E-state index contributed by atoms with van der Waals surface area (Å²) in [5.74, 6) is 0. The molecular formula is C36H76N+. The van der Waals surface area contributed by atoms with Crippen LogP contribution in [0.1, 0.15) is 213 Å². The van der Waals surface area contributed by atoms with Gasteiger partial charge in [0.15, 0.2) is 0 Å². The van der Waals surface area contributed by atoms with E-state index < -0.39 is 0 Å². The van der Waals surface area contributed by atoms with Gasteiger partial charge in [-0.1, -0.05) is 175 Å². The van der Waals surface area contributed by atoms with Gasteiger partial charge in [0.2, 0.25) is 0 Å². The van der Waals surface area contributed by atoms with Crippen LogP contribution < -0.4 is 4.90 Å². The summed E-state index contributed by atoms with van der Waals surface area (Å²) in [5, 5.41) is 0. The van der Waals surface area contributed by atoms with Gasteiger partial charge < -0.3 is 4.90 Å². The Morgan fingerprint density at radius 3 is 0.568 bits per heavy atom. The molecule has 0 aliphatic heterocycles. The smallest absolute Gasteiger partial charge is 0.0770 e. The molecule has 0 rings (SSSR count). The molecule has 1 nitrogen and oxygen atoms in total. The quantitative estimate of drug-likeness (QED) is 0.0817. The second-order valence-corrected chi connectivity index (χ2v) is 12.5. The lowest BCUT2D eigenvalue weighted by Crippen LogP contribution is -3.12. The molecule has 0 aliphatic carbocycles. The normalized spacial score (nSPS) is 11.7. The van der Waals surface area contributed by atoms with Crippen LogP contribution in [-0.2, 0) is 0 Å². The molecule has 1 heteroatoms. The van der Waals surface area contributed by atoms with Gasteiger partial charge >= 0.3 is 0 Å². The fraction of sp³-hybridized carbons (Fsp3) is 1.00. The SMILES string of the molecule is CCCCCCCCCCCC[NH+](CCCCCCCCCCCC)CCCCCCCCCCCC. The standard InChI is InChI=1S/C36H75N/c1-4-7-10-13-16-19-22-25-28-31-34-37(35-32-29-26-23-20-17-14-11-8-5-2)36-33-30-27-24-21-18-15-12-9-6-3/h4-36H2,1-3H3/p+1. The number of nitrogens with one attached hydrogen (secondary N) is 1. The first-order chi connectivity index (χ1) is 18.3. The molecule has 0 aliphatic rings. The Balaban J connectivity index is 3.87. The van der Waals surface area contributed by atoms with E-state index in [9.17, 15) is 0 Å². The summed E-state index contributed by atoms with van der Waals surface area (Å²) in [6.07, 6.45) is 43.9. The molecule has 0 amide bonds. The van der Waals surface area contributed by atoms with Crippen LogP contribution in [0.15, 0.2) is 0 Å². The molecular weight excluding hydrogens is 446 g/mol. The molecule has 0 atom stereocenters. The fourth-order valence-corrected chi connectivity index (χ4v) is 5.96. The van der Waals surface area contributed by atoms with E-state index >= 15 is 0 Å². The van der Waals surface area contributed by atoms with Crippen molar-refractivity contribution in [2.45, 2.75) is 213 Å². The van der Waals surface area contributed by atoms with E-state index in [0.717, 1.165) is 0 Å². The van der Waals surface area contributed by atoms with E-state index in [1.807, 2.05) is 4.90 Å². The number of hydrogen-bond donors (Lipinski definition) is 1. The summed E-state index contributed by atoms with van der Waals surface area (Å²) in [6, 6.07) is 0. The maximum absolute atomic E-state index is 2.32. The molecule has 0 saturated carbocycles. The van der Waals surface area contributed by atoms with Gasteiger partial charge in [-0.25, -0.2) is 0 Å². The predicted molar refractivity (Wildman–Crippen MR) is 171 cm³/mol. The monoisotopic (exact) mass is 523 g/mol. The highest BCUT2D eigenvalue weighted by atomic mass is 15.1. The lowest BCUT2D eigenvalue weighted by Gasteiger charge is -2.20. The van der Waals surface area contributed by atoms with E-state index in [1.165, 1.54) is 212 Å². The average Bonchev–Trinajstić information content (AvgIpc) is 2.91. The molecule has 1 N–H and O–H groups in total. The van der Waals surface area contributed by atoms with Gasteiger partial charge in [-0.2, -0.15) is 0 Å². The highest BCUT2D eigenvalue weighted by molar-refractivity contribution is 4.51. The Kier molecular flexibility index (Phi) is 34.0. The lowest BCUT2D eigenvalue weighted by atomic mass is 10.1. The van der Waals surface area contributed by atoms with Crippen molar-refractivity contribution < 1.29 is 4.90 Å². The third kappa shape index (κ3) is 32.1. The minimum atomic E-state index is 1.37. The predicted octanol–water partition coefficient (Wildman–Crippen LogP) is 11.6. The lowest BCUT2D eigenvalue weighted by molar-refractivity contribution is -0.900. The van der Waals surface area contributed by atoms with Crippen molar-refractivity contribution in [3.05, 3.63) is 0 Å². The van der Waals surface area contributed by atoms with Gasteiger partial charge in [0.1, 0.15) is 0 Å². The summed E-state index contributed by atoms with van der Waals surface area (Å²) in [4.78, 5) is 1.94. The Bertz CT molecular complexity index is 322. The zero-order valence-corrected chi connectivity index (χ0v) is 26.8. The Morgan fingerprint density at radius 2 is 0.378 bits per heavy atom. The van der Waals surface area contributed by atoms with E-state index in [2.05, 4.69) is 20.8 Å². The van der Waals surface area contributed by atoms with E-state index in [0.29, 0.717) is 0 Å². The van der Waals surface area contributed by atoms with Crippen molar-refractivity contribution in [2.24, 2.45) is 0 Å². The topological polar surface area (TPSA) is 4.44 Å². The van der Waals surface area contributed by atoms with Crippen LogP contribution in [0.3, 0.4) is 0 Å². The van der Waals surface area contributed by atoms with Crippen molar-refractivity contribution >= 4 is 0 Å². The van der Waals surface area contributed by atoms with Gasteiger partial charge in [-0.15, -0.1) is 0 Å². The molecule has 0 radical (unpaired) electrons. The van der Waals surface area contributed by atoms with E-state index in [-0.39, 0.29) is 0 Å². The third-order valence-electron chi connectivity index (χ3n) is 8.65. The number of hydrogen-bond acceptors (Lipinski definition) is 0. The van der Waals surface area contributed by atoms with Crippen molar-refractivity contribution in [3.8, 4) is 0 Å². The number of rotatable bonds is 33. The molecule has 0 spiro atoms. The second-order valence-electron chi connectivity index (χ2n) is 12.5. The van der Waals surface area contributed by atoms with Crippen molar-refractivity contribution in [2.75, 3.05) is 19.6 Å². The van der Waals surface area contributed by atoms with Crippen molar-refractivity contribution in [1.82, 2.24) is 0 Å². The van der Waals surface area contributed by atoms with Crippen molar-refractivity contribution in [3.63, 3.8) is 0 Å². The second kappa shape index (κ2) is 34.0. The molecule has 0 saturated heterocycles. The highest BCUT2D eigenvalue weighted by Crippen LogP contribution is 2.12. The average molecular weight is 523 g/mol. The molecule has 0 heterocycles. The van der Waals surface area contributed by atoms with Crippen LogP contribution in [-0.4, -0.2) is 19.6 Å². The van der Waals surface area contributed by atoms with Crippen LogP contribution in [0.25, 0.3) is 0 Å². The van der Waals surface area contributed by atoms with Crippen LogP contribution in [0.4, 0.5) is 0 Å². The highest BCUT2D eigenvalue weighted by Gasteiger charge is 2.08. The van der Waals surface area contributed by atoms with Crippen molar-refractivity contribution in [1.29, 1.82) is 0 Å². The zero-order valence-electron chi connectivity index (χ0n) is 26.8. The Morgan fingerprint density at radius 1 is 0.216 bits per heavy atom. The first-order valence-electron chi connectivity index (χ1n) is 18.2. The first-order valence-corrected chi connectivity index (χ1v) is 18.2.